The average molecular weight is 202 g/mol. The Morgan fingerprint density at radius 1 is 1.57 bits per heavy atom. The molecule has 14 heavy (non-hydrogen) atoms. The van der Waals surface area contributed by atoms with Crippen molar-refractivity contribution in [1.29, 1.82) is 5.26 Å². The molecule has 0 spiro atoms. The molecule has 3 nitrogen and oxygen atoms in total. The highest BCUT2D eigenvalue weighted by atomic mass is 19.3. The van der Waals surface area contributed by atoms with E-state index in [1.807, 2.05) is 0 Å². The summed E-state index contributed by atoms with van der Waals surface area (Å²) in [6, 6.07) is 2.18. The van der Waals surface area contributed by atoms with E-state index >= 15 is 0 Å². The number of hydrogen-bond acceptors (Lipinski definition) is 3. The molecule has 0 fully saturated rings. The van der Waals surface area contributed by atoms with Crippen LogP contribution < -0.4 is 4.74 Å². The second kappa shape index (κ2) is 3.96. The minimum absolute atomic E-state index is 0.302. The molecule has 0 N–H and O–H groups in total. The van der Waals surface area contributed by atoms with Gasteiger partial charge >= 0.3 is 0 Å². The number of nitriles is 1. The molecular formula is C8H5F3N2O. The number of nitrogens with zero attached hydrogens (tertiary/aromatic N) is 2. The summed E-state index contributed by atoms with van der Waals surface area (Å²) in [7, 11) is 1.08. The van der Waals surface area contributed by atoms with Gasteiger partial charge in [-0.25, -0.2) is 18.2 Å². The van der Waals surface area contributed by atoms with Crippen molar-refractivity contribution >= 4 is 0 Å². The van der Waals surface area contributed by atoms with E-state index in [4.69, 9.17) is 5.26 Å². The predicted molar refractivity (Wildman–Crippen MR) is 40.4 cm³/mol. The fourth-order valence-electron chi connectivity index (χ4n) is 0.912. The maximum atomic E-state index is 13.0. The Hall–Kier alpha value is -1.77. The molecule has 6 heteroatoms. The molecule has 0 amide bonds. The van der Waals surface area contributed by atoms with Gasteiger partial charge in [-0.1, -0.05) is 0 Å². The maximum Gasteiger partial charge on any atom is 0.271 e. The van der Waals surface area contributed by atoms with Crippen LogP contribution in [-0.2, 0) is 0 Å². The molecule has 74 valence electrons. The Kier molecular flexibility index (Phi) is 2.92. The predicted octanol–water partition coefficient (Wildman–Crippen LogP) is 2.04. The van der Waals surface area contributed by atoms with Crippen molar-refractivity contribution in [2.45, 2.75) is 6.43 Å². The molecule has 0 radical (unpaired) electrons. The van der Waals surface area contributed by atoms with Crippen molar-refractivity contribution < 1.29 is 17.9 Å². The molecule has 0 saturated carbocycles. The molecule has 0 aliphatic rings. The van der Waals surface area contributed by atoms with Crippen LogP contribution in [0, 0.1) is 17.1 Å². The lowest BCUT2D eigenvalue weighted by Crippen LogP contribution is -2.01. The van der Waals surface area contributed by atoms with E-state index in [-0.39, 0.29) is 5.69 Å². The smallest absolute Gasteiger partial charge is 0.271 e. The Labute approximate surface area is 77.7 Å². The van der Waals surface area contributed by atoms with Gasteiger partial charge in [0.2, 0.25) is 5.88 Å². The standard InChI is InChI=1S/C8H5F3N2O/c1-14-8-6(7(10)11)5(9)2-4(3-12)13-8/h2,7H,1H3. The monoisotopic (exact) mass is 202 g/mol. The SMILES string of the molecule is COc1nc(C#N)cc(F)c1C(F)F. The highest BCUT2D eigenvalue weighted by molar-refractivity contribution is 5.35. The summed E-state index contributed by atoms with van der Waals surface area (Å²) in [6.07, 6.45) is -3.02. The zero-order chi connectivity index (χ0) is 10.7. The van der Waals surface area contributed by atoms with Crippen molar-refractivity contribution in [3.63, 3.8) is 0 Å². The van der Waals surface area contributed by atoms with Gasteiger partial charge in [-0.3, -0.25) is 0 Å². The van der Waals surface area contributed by atoms with Gasteiger partial charge in [0.25, 0.3) is 6.43 Å². The molecule has 1 heterocycles. The summed E-state index contributed by atoms with van der Waals surface area (Å²) < 4.78 is 42.0. The van der Waals surface area contributed by atoms with Gasteiger partial charge in [0.1, 0.15) is 23.1 Å². The third kappa shape index (κ3) is 1.76. The highest BCUT2D eigenvalue weighted by Gasteiger charge is 2.21. The lowest BCUT2D eigenvalue weighted by atomic mass is 10.2. The number of aromatic nitrogens is 1. The molecule has 0 aliphatic carbocycles. The van der Waals surface area contributed by atoms with E-state index in [0.29, 0.717) is 6.07 Å². The molecule has 0 bridgehead atoms. The fourth-order valence-corrected chi connectivity index (χ4v) is 0.912. The summed E-state index contributed by atoms with van der Waals surface area (Å²) >= 11 is 0. The second-order valence-corrected chi connectivity index (χ2v) is 2.32. The van der Waals surface area contributed by atoms with Crippen molar-refractivity contribution in [3.05, 3.63) is 23.1 Å². The van der Waals surface area contributed by atoms with Crippen LogP contribution in [0.15, 0.2) is 6.07 Å². The third-order valence-corrected chi connectivity index (χ3v) is 1.50. The molecular weight excluding hydrogens is 197 g/mol. The minimum atomic E-state index is -3.02. The number of alkyl halides is 2. The zero-order valence-electron chi connectivity index (χ0n) is 7.09. The van der Waals surface area contributed by atoms with Crippen molar-refractivity contribution in [2.24, 2.45) is 0 Å². The Morgan fingerprint density at radius 2 is 2.21 bits per heavy atom. The molecule has 0 saturated heterocycles. The van der Waals surface area contributed by atoms with E-state index < -0.39 is 23.7 Å². The van der Waals surface area contributed by atoms with Crippen molar-refractivity contribution in [3.8, 4) is 11.9 Å². The van der Waals surface area contributed by atoms with Crippen LogP contribution in [0.1, 0.15) is 17.7 Å². The summed E-state index contributed by atoms with van der Waals surface area (Å²) in [6.45, 7) is 0. The number of pyridine rings is 1. The fraction of sp³-hybridized carbons (Fsp3) is 0.250. The first kappa shape index (κ1) is 10.3. The van der Waals surface area contributed by atoms with Gasteiger partial charge in [0.15, 0.2) is 0 Å². The molecule has 0 aromatic carbocycles. The first-order chi connectivity index (χ1) is 6.60. The Bertz CT molecular complexity index is 387. The Morgan fingerprint density at radius 3 is 2.64 bits per heavy atom. The summed E-state index contributed by atoms with van der Waals surface area (Å²) in [5.41, 5.74) is -1.23. The number of ether oxygens (including phenoxy) is 1. The number of rotatable bonds is 2. The molecule has 1 aromatic heterocycles. The van der Waals surface area contributed by atoms with Gasteiger partial charge in [0, 0.05) is 6.07 Å². The highest BCUT2D eigenvalue weighted by Crippen LogP contribution is 2.29. The van der Waals surface area contributed by atoms with Crippen LogP contribution >= 0.6 is 0 Å². The van der Waals surface area contributed by atoms with E-state index in [0.717, 1.165) is 7.11 Å². The normalized spacial score (nSPS) is 10.0. The zero-order valence-corrected chi connectivity index (χ0v) is 7.09. The van der Waals surface area contributed by atoms with Gasteiger partial charge in [-0.2, -0.15) is 5.26 Å². The lowest BCUT2D eigenvalue weighted by Gasteiger charge is -2.07. The van der Waals surface area contributed by atoms with Gasteiger partial charge in [0.05, 0.1) is 7.11 Å². The van der Waals surface area contributed by atoms with Crippen LogP contribution in [0.3, 0.4) is 0 Å². The van der Waals surface area contributed by atoms with Crippen LogP contribution in [0.5, 0.6) is 5.88 Å². The van der Waals surface area contributed by atoms with Crippen molar-refractivity contribution in [1.82, 2.24) is 4.98 Å². The quantitative estimate of drug-likeness (QED) is 0.737. The van der Waals surface area contributed by atoms with Gasteiger partial charge < -0.3 is 4.74 Å². The Balaban J connectivity index is 3.36. The van der Waals surface area contributed by atoms with Crippen LogP contribution in [0.4, 0.5) is 13.2 Å². The van der Waals surface area contributed by atoms with Crippen molar-refractivity contribution in [2.75, 3.05) is 7.11 Å². The molecule has 0 aliphatic heterocycles. The average Bonchev–Trinajstić information content (AvgIpc) is 2.15. The van der Waals surface area contributed by atoms with Crippen LogP contribution in [0.2, 0.25) is 0 Å². The lowest BCUT2D eigenvalue weighted by molar-refractivity contribution is 0.140. The van der Waals surface area contributed by atoms with E-state index in [9.17, 15) is 13.2 Å². The van der Waals surface area contributed by atoms with Gasteiger partial charge in [-0.15, -0.1) is 0 Å². The number of methoxy groups -OCH3 is 1. The molecule has 0 atom stereocenters. The van der Waals surface area contributed by atoms with Gasteiger partial charge in [-0.05, 0) is 0 Å². The third-order valence-electron chi connectivity index (χ3n) is 1.50. The molecule has 1 rings (SSSR count). The minimum Gasteiger partial charge on any atom is -0.481 e. The first-order valence-corrected chi connectivity index (χ1v) is 3.52. The van der Waals surface area contributed by atoms with E-state index in [1.54, 1.807) is 0 Å². The summed E-state index contributed by atoms with van der Waals surface area (Å²) in [5.74, 6) is -1.75. The number of hydrogen-bond donors (Lipinski definition) is 0. The summed E-state index contributed by atoms with van der Waals surface area (Å²) in [5, 5.41) is 8.39. The topological polar surface area (TPSA) is 45.9 Å². The van der Waals surface area contributed by atoms with Crippen LogP contribution in [-0.4, -0.2) is 12.1 Å². The largest absolute Gasteiger partial charge is 0.481 e. The molecule has 1 aromatic rings. The van der Waals surface area contributed by atoms with E-state index in [2.05, 4.69) is 9.72 Å². The number of halogens is 3. The molecule has 0 unspecified atom stereocenters. The maximum absolute atomic E-state index is 13.0. The first-order valence-electron chi connectivity index (χ1n) is 3.52. The van der Waals surface area contributed by atoms with Crippen LogP contribution in [0.25, 0.3) is 0 Å². The second-order valence-electron chi connectivity index (χ2n) is 2.32. The van der Waals surface area contributed by atoms with E-state index in [1.165, 1.54) is 6.07 Å². The summed E-state index contributed by atoms with van der Waals surface area (Å²) in [4.78, 5) is 3.39.